The van der Waals surface area contributed by atoms with Crippen molar-refractivity contribution >= 4 is 16.8 Å². The van der Waals surface area contributed by atoms with E-state index in [2.05, 4.69) is 22.1 Å². The van der Waals surface area contributed by atoms with Crippen LogP contribution in [0.1, 0.15) is 34.5 Å². The van der Waals surface area contributed by atoms with Crippen LogP contribution in [-0.2, 0) is 0 Å². The molecule has 0 radical (unpaired) electrons. The predicted octanol–water partition coefficient (Wildman–Crippen LogP) is 2.22. The van der Waals surface area contributed by atoms with Gasteiger partial charge in [0, 0.05) is 37.3 Å². The van der Waals surface area contributed by atoms with E-state index in [9.17, 15) is 9.90 Å². The summed E-state index contributed by atoms with van der Waals surface area (Å²) < 4.78 is 0. The van der Waals surface area contributed by atoms with Gasteiger partial charge in [0.2, 0.25) is 0 Å². The lowest BCUT2D eigenvalue weighted by Gasteiger charge is -2.31. The highest BCUT2D eigenvalue weighted by atomic mass is 16.3. The van der Waals surface area contributed by atoms with Crippen molar-refractivity contribution in [3.8, 4) is 0 Å². The molecule has 1 aromatic carbocycles. The van der Waals surface area contributed by atoms with Crippen LogP contribution >= 0.6 is 0 Å². The molecule has 0 spiro atoms. The fourth-order valence-electron chi connectivity index (χ4n) is 3.60. The number of aliphatic hydroxyl groups excluding tert-OH is 1. The van der Waals surface area contributed by atoms with Gasteiger partial charge in [-0.25, -0.2) is 0 Å². The Kier molecular flexibility index (Phi) is 5.21. The highest BCUT2D eigenvalue weighted by molar-refractivity contribution is 6.06. The summed E-state index contributed by atoms with van der Waals surface area (Å²) in [6.45, 7) is 7.81. The second-order valence-corrected chi connectivity index (χ2v) is 6.85. The van der Waals surface area contributed by atoms with Crippen molar-refractivity contribution in [1.82, 2.24) is 15.2 Å². The molecule has 1 fully saturated rings. The maximum atomic E-state index is 12.6. The SMILES string of the molecule is Cc1[nH]c2c(C(=O)NCCN3CCC[C@@H](CO)C3)cccc2c1C. The van der Waals surface area contributed by atoms with Crippen molar-refractivity contribution in [2.24, 2.45) is 5.92 Å². The number of aryl methyl sites for hydroxylation is 2. The van der Waals surface area contributed by atoms with E-state index in [1.165, 1.54) is 5.56 Å². The zero-order valence-corrected chi connectivity index (χ0v) is 14.6. The average Bonchev–Trinajstić information content (AvgIpc) is 2.89. The first-order valence-electron chi connectivity index (χ1n) is 8.79. The van der Waals surface area contributed by atoms with Crippen molar-refractivity contribution in [2.45, 2.75) is 26.7 Å². The number of H-pyrrole nitrogens is 1. The van der Waals surface area contributed by atoms with Crippen LogP contribution in [0, 0.1) is 19.8 Å². The summed E-state index contributed by atoms with van der Waals surface area (Å²) in [5, 5.41) is 13.4. The summed E-state index contributed by atoms with van der Waals surface area (Å²) in [6.07, 6.45) is 2.23. The number of carbonyl (C=O) groups is 1. The van der Waals surface area contributed by atoms with Crippen LogP contribution in [0.2, 0.25) is 0 Å². The smallest absolute Gasteiger partial charge is 0.253 e. The number of aromatic nitrogens is 1. The van der Waals surface area contributed by atoms with Gasteiger partial charge in [0.05, 0.1) is 11.1 Å². The van der Waals surface area contributed by atoms with Crippen LogP contribution in [0.25, 0.3) is 10.9 Å². The van der Waals surface area contributed by atoms with E-state index in [0.717, 1.165) is 49.1 Å². The van der Waals surface area contributed by atoms with E-state index in [4.69, 9.17) is 0 Å². The zero-order chi connectivity index (χ0) is 17.1. The third kappa shape index (κ3) is 3.47. The minimum Gasteiger partial charge on any atom is -0.396 e. The molecular formula is C19H27N3O2. The van der Waals surface area contributed by atoms with Crippen molar-refractivity contribution in [1.29, 1.82) is 0 Å². The molecule has 1 aliphatic heterocycles. The highest BCUT2D eigenvalue weighted by Crippen LogP contribution is 2.24. The largest absolute Gasteiger partial charge is 0.396 e. The van der Waals surface area contributed by atoms with E-state index in [1.54, 1.807) is 0 Å². The Morgan fingerprint density at radius 3 is 3.04 bits per heavy atom. The number of rotatable bonds is 5. The highest BCUT2D eigenvalue weighted by Gasteiger charge is 2.19. The van der Waals surface area contributed by atoms with Gasteiger partial charge in [0.25, 0.3) is 5.91 Å². The first-order valence-corrected chi connectivity index (χ1v) is 8.79. The van der Waals surface area contributed by atoms with Gasteiger partial charge in [-0.3, -0.25) is 4.79 Å². The summed E-state index contributed by atoms with van der Waals surface area (Å²) in [4.78, 5) is 18.2. The van der Waals surface area contributed by atoms with Gasteiger partial charge in [-0.2, -0.15) is 0 Å². The van der Waals surface area contributed by atoms with E-state index >= 15 is 0 Å². The number of hydrogen-bond acceptors (Lipinski definition) is 3. The molecule has 130 valence electrons. The first kappa shape index (κ1) is 17.0. The molecule has 3 N–H and O–H groups in total. The number of likely N-dealkylation sites (tertiary alicyclic amines) is 1. The average molecular weight is 329 g/mol. The maximum Gasteiger partial charge on any atom is 0.253 e. The van der Waals surface area contributed by atoms with Gasteiger partial charge >= 0.3 is 0 Å². The van der Waals surface area contributed by atoms with E-state index in [1.807, 2.05) is 25.1 Å². The molecule has 1 aromatic heterocycles. The third-order valence-electron chi connectivity index (χ3n) is 5.16. The van der Waals surface area contributed by atoms with Crippen LogP contribution < -0.4 is 5.32 Å². The summed E-state index contributed by atoms with van der Waals surface area (Å²) >= 11 is 0. The topological polar surface area (TPSA) is 68.4 Å². The summed E-state index contributed by atoms with van der Waals surface area (Å²) in [5.74, 6) is 0.352. The molecule has 0 unspecified atom stereocenters. The Morgan fingerprint density at radius 2 is 2.25 bits per heavy atom. The lowest BCUT2D eigenvalue weighted by molar-refractivity contribution is 0.0932. The van der Waals surface area contributed by atoms with E-state index < -0.39 is 0 Å². The fraction of sp³-hybridized carbons (Fsp3) is 0.526. The molecule has 24 heavy (non-hydrogen) atoms. The van der Waals surface area contributed by atoms with Crippen molar-refractivity contribution in [3.63, 3.8) is 0 Å². The number of nitrogens with one attached hydrogen (secondary N) is 2. The lowest BCUT2D eigenvalue weighted by atomic mass is 9.99. The summed E-state index contributed by atoms with van der Waals surface area (Å²) in [5.41, 5.74) is 3.93. The fourth-order valence-corrected chi connectivity index (χ4v) is 3.60. The number of benzene rings is 1. The molecular weight excluding hydrogens is 302 g/mol. The van der Waals surface area contributed by atoms with Crippen LogP contribution in [0.15, 0.2) is 18.2 Å². The van der Waals surface area contributed by atoms with Gasteiger partial charge in [-0.15, -0.1) is 0 Å². The van der Waals surface area contributed by atoms with Gasteiger partial charge in [-0.1, -0.05) is 12.1 Å². The number of nitrogens with zero attached hydrogens (tertiary/aromatic N) is 1. The van der Waals surface area contributed by atoms with Crippen molar-refractivity contribution in [3.05, 3.63) is 35.0 Å². The van der Waals surface area contributed by atoms with E-state index in [0.29, 0.717) is 18.0 Å². The molecule has 2 aromatic rings. The van der Waals surface area contributed by atoms with Crippen LogP contribution in [0.4, 0.5) is 0 Å². The number of aliphatic hydroxyl groups is 1. The Bertz CT molecular complexity index is 723. The number of piperidine rings is 1. The quantitative estimate of drug-likeness (QED) is 0.788. The van der Waals surface area contributed by atoms with Gasteiger partial charge in [-0.05, 0) is 50.8 Å². The van der Waals surface area contributed by atoms with Gasteiger partial charge in [0.1, 0.15) is 0 Å². The zero-order valence-electron chi connectivity index (χ0n) is 14.6. The minimum absolute atomic E-state index is 0.0300. The number of aromatic amines is 1. The lowest BCUT2D eigenvalue weighted by Crippen LogP contribution is -2.41. The molecule has 5 heteroatoms. The number of para-hydroxylation sites is 1. The van der Waals surface area contributed by atoms with E-state index in [-0.39, 0.29) is 12.5 Å². The van der Waals surface area contributed by atoms with Crippen molar-refractivity contribution < 1.29 is 9.90 Å². The standard InChI is InChI=1S/C19H27N3O2/c1-13-14(2)21-18-16(13)6-3-7-17(18)19(24)20-8-10-22-9-4-5-15(11-22)12-23/h3,6-7,15,21,23H,4-5,8-12H2,1-2H3,(H,20,24)/t15-/m1/s1. The molecule has 1 aliphatic rings. The second kappa shape index (κ2) is 7.36. The summed E-state index contributed by atoms with van der Waals surface area (Å²) in [6, 6.07) is 5.86. The second-order valence-electron chi connectivity index (χ2n) is 6.85. The predicted molar refractivity (Wildman–Crippen MR) is 96.4 cm³/mol. The molecule has 3 rings (SSSR count). The molecule has 1 amide bonds. The number of fused-ring (bicyclic) bond motifs is 1. The maximum absolute atomic E-state index is 12.6. The monoisotopic (exact) mass is 329 g/mol. The Hall–Kier alpha value is -1.85. The molecule has 1 saturated heterocycles. The van der Waals surface area contributed by atoms with Crippen LogP contribution in [-0.4, -0.2) is 53.7 Å². The minimum atomic E-state index is -0.0300. The van der Waals surface area contributed by atoms with Crippen LogP contribution in [0.5, 0.6) is 0 Å². The third-order valence-corrected chi connectivity index (χ3v) is 5.16. The molecule has 1 atom stereocenters. The van der Waals surface area contributed by atoms with Crippen LogP contribution in [0.3, 0.4) is 0 Å². The molecule has 0 saturated carbocycles. The molecule has 2 heterocycles. The molecule has 5 nitrogen and oxygen atoms in total. The Balaban J connectivity index is 1.60. The Morgan fingerprint density at radius 1 is 1.42 bits per heavy atom. The molecule has 0 bridgehead atoms. The first-order chi connectivity index (χ1) is 11.6. The summed E-state index contributed by atoms with van der Waals surface area (Å²) in [7, 11) is 0. The van der Waals surface area contributed by atoms with Gasteiger partial charge < -0.3 is 20.3 Å². The molecule has 0 aliphatic carbocycles. The number of amides is 1. The Labute approximate surface area is 143 Å². The van der Waals surface area contributed by atoms with Gasteiger partial charge in [0.15, 0.2) is 0 Å². The number of hydrogen-bond donors (Lipinski definition) is 3. The normalized spacial score (nSPS) is 18.9. The van der Waals surface area contributed by atoms with Crippen molar-refractivity contribution in [2.75, 3.05) is 32.8 Å². The number of carbonyl (C=O) groups excluding carboxylic acids is 1.